The van der Waals surface area contributed by atoms with Crippen molar-refractivity contribution in [3.05, 3.63) is 59.4 Å². The maximum Gasteiger partial charge on any atom is 0.255 e. The van der Waals surface area contributed by atoms with Crippen LogP contribution in [0, 0.1) is 0 Å². The van der Waals surface area contributed by atoms with Crippen LogP contribution >= 0.6 is 11.6 Å². The first-order valence-corrected chi connectivity index (χ1v) is 10.5. The van der Waals surface area contributed by atoms with Gasteiger partial charge in [-0.05, 0) is 36.4 Å². The Bertz CT molecular complexity index is 1030. The molecule has 9 heteroatoms. The van der Waals surface area contributed by atoms with Gasteiger partial charge < -0.3 is 14.8 Å². The summed E-state index contributed by atoms with van der Waals surface area (Å²) >= 11 is 5.90. The first-order valence-electron chi connectivity index (χ1n) is 10.1. The summed E-state index contributed by atoms with van der Waals surface area (Å²) in [6.45, 7) is 4.61. The van der Waals surface area contributed by atoms with Crippen LogP contribution in [0.1, 0.15) is 10.4 Å². The van der Waals surface area contributed by atoms with Gasteiger partial charge in [0, 0.05) is 43.5 Å². The Balaban J connectivity index is 1.51. The number of hydrogen-bond donors (Lipinski definition) is 1. The van der Waals surface area contributed by atoms with Crippen molar-refractivity contribution in [2.75, 3.05) is 44.8 Å². The van der Waals surface area contributed by atoms with E-state index < -0.39 is 0 Å². The van der Waals surface area contributed by atoms with E-state index in [-0.39, 0.29) is 5.91 Å². The highest BCUT2D eigenvalue weighted by Gasteiger charge is 2.16. The number of hydrogen-bond acceptors (Lipinski definition) is 6. The van der Waals surface area contributed by atoms with Crippen LogP contribution in [0.5, 0.6) is 5.88 Å². The number of aryl methyl sites for hydroxylation is 1. The van der Waals surface area contributed by atoms with Gasteiger partial charge in [0.25, 0.3) is 5.91 Å². The zero-order valence-electron chi connectivity index (χ0n) is 17.3. The molecule has 1 fully saturated rings. The van der Waals surface area contributed by atoms with Gasteiger partial charge in [-0.1, -0.05) is 11.6 Å². The van der Waals surface area contributed by atoms with Gasteiger partial charge in [0.2, 0.25) is 5.88 Å². The zero-order valence-corrected chi connectivity index (χ0v) is 18.0. The number of anilines is 1. The second kappa shape index (κ2) is 9.91. The molecule has 4 rings (SSSR count). The summed E-state index contributed by atoms with van der Waals surface area (Å²) in [5, 5.41) is 7.71. The van der Waals surface area contributed by atoms with Gasteiger partial charge in [-0.2, -0.15) is 5.10 Å². The molecular weight excluding hydrogens is 418 g/mol. The van der Waals surface area contributed by atoms with E-state index in [2.05, 4.69) is 20.3 Å². The van der Waals surface area contributed by atoms with Crippen LogP contribution in [-0.4, -0.2) is 65.0 Å². The maximum absolute atomic E-state index is 12.6. The fraction of sp³-hybridized carbons (Fsp3) is 0.318. The lowest BCUT2D eigenvalue weighted by molar-refractivity contribution is 0.0320. The summed E-state index contributed by atoms with van der Waals surface area (Å²) in [6, 6.07) is 10.5. The smallest absolute Gasteiger partial charge is 0.255 e. The topological polar surface area (TPSA) is 81.5 Å². The number of nitrogens with zero attached hydrogens (tertiary/aromatic N) is 4. The van der Waals surface area contributed by atoms with E-state index in [9.17, 15) is 4.79 Å². The largest absolute Gasteiger partial charge is 0.476 e. The third-order valence-corrected chi connectivity index (χ3v) is 5.31. The molecule has 8 nitrogen and oxygen atoms in total. The summed E-state index contributed by atoms with van der Waals surface area (Å²) < 4.78 is 13.1. The Labute approximate surface area is 185 Å². The Kier molecular flexibility index (Phi) is 6.81. The van der Waals surface area contributed by atoms with Crippen molar-refractivity contribution in [1.82, 2.24) is 19.7 Å². The highest BCUT2D eigenvalue weighted by molar-refractivity contribution is 6.30. The molecule has 0 spiro atoms. The molecule has 3 aromatic rings. The fourth-order valence-corrected chi connectivity index (χ4v) is 3.48. The van der Waals surface area contributed by atoms with Gasteiger partial charge in [0.15, 0.2) is 0 Å². The lowest BCUT2D eigenvalue weighted by atomic mass is 10.1. The van der Waals surface area contributed by atoms with Gasteiger partial charge in [-0.25, -0.2) is 4.98 Å². The number of nitrogens with one attached hydrogen (secondary N) is 1. The summed E-state index contributed by atoms with van der Waals surface area (Å²) in [5.74, 6) is 0.261. The predicted molar refractivity (Wildman–Crippen MR) is 119 cm³/mol. The minimum absolute atomic E-state index is 0.240. The zero-order chi connectivity index (χ0) is 21.6. The van der Waals surface area contributed by atoms with Crippen molar-refractivity contribution < 1.29 is 14.3 Å². The summed E-state index contributed by atoms with van der Waals surface area (Å²) in [5.41, 5.74) is 2.68. The number of rotatable bonds is 7. The average Bonchev–Trinajstić information content (AvgIpc) is 3.21. The number of aromatic nitrogens is 3. The number of benzene rings is 1. The first-order chi connectivity index (χ1) is 15.1. The summed E-state index contributed by atoms with van der Waals surface area (Å²) in [7, 11) is 1.85. The van der Waals surface area contributed by atoms with Gasteiger partial charge in [0.05, 0.1) is 36.4 Å². The van der Waals surface area contributed by atoms with Crippen molar-refractivity contribution in [3.8, 4) is 17.1 Å². The van der Waals surface area contributed by atoms with Crippen molar-refractivity contribution in [2.24, 2.45) is 7.05 Å². The fourth-order valence-electron chi connectivity index (χ4n) is 3.36. The Morgan fingerprint density at radius 3 is 2.71 bits per heavy atom. The van der Waals surface area contributed by atoms with Crippen LogP contribution in [-0.2, 0) is 11.8 Å². The number of morpholine rings is 1. The normalized spacial score (nSPS) is 14.4. The summed E-state index contributed by atoms with van der Waals surface area (Å²) in [4.78, 5) is 19.4. The molecule has 162 valence electrons. The predicted octanol–water partition coefficient (Wildman–Crippen LogP) is 3.10. The van der Waals surface area contributed by atoms with Gasteiger partial charge in [-0.3, -0.25) is 14.4 Å². The van der Waals surface area contributed by atoms with Crippen LogP contribution in [0.2, 0.25) is 5.02 Å². The molecule has 0 unspecified atom stereocenters. The standard InChI is InChI=1S/C22H24ClN5O3/c1-27-20(6-7-25-27)19-14-18(26-21(29)16-2-4-17(23)5-3-16)15-24-22(19)31-13-10-28-8-11-30-12-9-28/h2-7,14-15H,8-13H2,1H3,(H,26,29). The quantitative estimate of drug-likeness (QED) is 0.606. The second-order valence-corrected chi connectivity index (χ2v) is 7.62. The van der Waals surface area contributed by atoms with Crippen molar-refractivity contribution >= 4 is 23.2 Å². The van der Waals surface area contributed by atoms with E-state index in [4.69, 9.17) is 21.1 Å². The lowest BCUT2D eigenvalue weighted by Crippen LogP contribution is -2.38. The number of halogens is 1. The number of pyridine rings is 1. The molecule has 0 saturated carbocycles. The highest BCUT2D eigenvalue weighted by atomic mass is 35.5. The maximum atomic E-state index is 12.6. The molecule has 1 aliphatic rings. The third kappa shape index (κ3) is 5.41. The van der Waals surface area contributed by atoms with Crippen molar-refractivity contribution in [1.29, 1.82) is 0 Å². The molecule has 31 heavy (non-hydrogen) atoms. The van der Waals surface area contributed by atoms with E-state index in [1.807, 2.05) is 19.2 Å². The van der Waals surface area contributed by atoms with Crippen LogP contribution in [0.3, 0.4) is 0 Å². The highest BCUT2D eigenvalue weighted by Crippen LogP contribution is 2.30. The van der Waals surface area contributed by atoms with E-state index in [0.717, 1.165) is 44.1 Å². The number of carbonyl (C=O) groups is 1. The minimum atomic E-state index is -0.240. The molecule has 1 amide bonds. The molecule has 1 N–H and O–H groups in total. The van der Waals surface area contributed by atoms with Gasteiger partial charge in [-0.15, -0.1) is 0 Å². The van der Waals surface area contributed by atoms with Gasteiger partial charge >= 0.3 is 0 Å². The number of amides is 1. The number of carbonyl (C=O) groups excluding carboxylic acids is 1. The van der Waals surface area contributed by atoms with E-state index in [0.29, 0.717) is 28.8 Å². The molecule has 2 aromatic heterocycles. The van der Waals surface area contributed by atoms with Gasteiger partial charge in [0.1, 0.15) is 6.61 Å². The molecule has 1 aromatic carbocycles. The Morgan fingerprint density at radius 2 is 2.00 bits per heavy atom. The Hall–Kier alpha value is -2.94. The summed E-state index contributed by atoms with van der Waals surface area (Å²) in [6.07, 6.45) is 3.31. The third-order valence-electron chi connectivity index (χ3n) is 5.06. The van der Waals surface area contributed by atoms with Crippen molar-refractivity contribution in [2.45, 2.75) is 0 Å². The lowest BCUT2D eigenvalue weighted by Gasteiger charge is -2.26. The van der Waals surface area contributed by atoms with E-state index in [1.165, 1.54) is 0 Å². The molecule has 3 heterocycles. The molecular formula is C22H24ClN5O3. The van der Waals surface area contributed by atoms with Crippen LogP contribution in [0.4, 0.5) is 5.69 Å². The molecule has 1 saturated heterocycles. The minimum Gasteiger partial charge on any atom is -0.476 e. The molecule has 0 bridgehead atoms. The monoisotopic (exact) mass is 441 g/mol. The molecule has 1 aliphatic heterocycles. The van der Waals surface area contributed by atoms with E-state index >= 15 is 0 Å². The van der Waals surface area contributed by atoms with Crippen LogP contribution in [0.25, 0.3) is 11.3 Å². The van der Waals surface area contributed by atoms with Crippen LogP contribution < -0.4 is 10.1 Å². The van der Waals surface area contributed by atoms with E-state index in [1.54, 1.807) is 41.3 Å². The SMILES string of the molecule is Cn1nccc1-c1cc(NC(=O)c2ccc(Cl)cc2)cnc1OCCN1CCOCC1. The molecule has 0 aliphatic carbocycles. The first kappa shape index (κ1) is 21.3. The molecule has 0 radical (unpaired) electrons. The number of ether oxygens (including phenoxy) is 2. The second-order valence-electron chi connectivity index (χ2n) is 7.18. The Morgan fingerprint density at radius 1 is 1.23 bits per heavy atom. The molecule has 0 atom stereocenters. The average molecular weight is 442 g/mol. The van der Waals surface area contributed by atoms with Crippen LogP contribution in [0.15, 0.2) is 48.8 Å². The van der Waals surface area contributed by atoms with Crippen molar-refractivity contribution in [3.63, 3.8) is 0 Å².